The third-order valence-electron chi connectivity index (χ3n) is 3.86. The first-order chi connectivity index (χ1) is 10.1. The summed E-state index contributed by atoms with van der Waals surface area (Å²) in [5.41, 5.74) is 3.94. The van der Waals surface area contributed by atoms with Crippen LogP contribution in [0.2, 0.25) is 0 Å². The molecule has 3 rings (SSSR count). The second-order valence-electron chi connectivity index (χ2n) is 5.09. The number of H-pyrrole nitrogens is 1. The van der Waals surface area contributed by atoms with E-state index in [1.165, 1.54) is 11.9 Å². The predicted molar refractivity (Wildman–Crippen MR) is 80.1 cm³/mol. The molecule has 3 aromatic heterocycles. The summed E-state index contributed by atoms with van der Waals surface area (Å²) in [4.78, 5) is 10.8. The van der Waals surface area contributed by atoms with Crippen molar-refractivity contribution in [2.45, 2.75) is 33.7 Å². The summed E-state index contributed by atoms with van der Waals surface area (Å²) in [7, 11) is 0. The topological polar surface area (TPSA) is 84.7 Å². The van der Waals surface area contributed by atoms with Crippen molar-refractivity contribution in [1.29, 1.82) is 0 Å². The van der Waals surface area contributed by atoms with Crippen LogP contribution in [0.3, 0.4) is 0 Å². The molecule has 117 valence electrons. The predicted octanol–water partition coefficient (Wildman–Crippen LogP) is 1.91. The van der Waals surface area contributed by atoms with Gasteiger partial charge in [0.1, 0.15) is 5.82 Å². The van der Waals surface area contributed by atoms with E-state index in [0.717, 1.165) is 29.1 Å². The Balaban J connectivity index is 0.00000176. The van der Waals surface area contributed by atoms with E-state index in [4.69, 9.17) is 0 Å². The van der Waals surface area contributed by atoms with Gasteiger partial charge in [-0.3, -0.25) is 10.2 Å². The molecule has 1 N–H and O–H groups in total. The van der Waals surface area contributed by atoms with Gasteiger partial charge in [0.25, 0.3) is 0 Å². The van der Waals surface area contributed by atoms with Gasteiger partial charge >= 0.3 is 0 Å². The Kier molecular flexibility index (Phi) is 4.94. The SMILES string of the molecule is CCN(c1ncnc2[n-]ncc12)C(C)c1c(C)n[nH]c1C.[Re]. The fraction of sp³-hybridized carbons (Fsp3) is 0.429. The summed E-state index contributed by atoms with van der Waals surface area (Å²) < 4.78 is 0. The summed E-state index contributed by atoms with van der Waals surface area (Å²) >= 11 is 0. The molecule has 0 bridgehead atoms. The second kappa shape index (κ2) is 6.55. The minimum absolute atomic E-state index is 0. The van der Waals surface area contributed by atoms with Gasteiger partial charge in [0.05, 0.1) is 11.7 Å². The maximum Gasteiger partial charge on any atom is 0.137 e. The van der Waals surface area contributed by atoms with Crippen molar-refractivity contribution in [3.63, 3.8) is 0 Å². The minimum Gasteiger partial charge on any atom is -0.425 e. The first-order valence-electron chi connectivity index (χ1n) is 7.00. The monoisotopic (exact) mass is 471 g/mol. The van der Waals surface area contributed by atoms with Gasteiger partial charge in [-0.05, 0) is 33.3 Å². The van der Waals surface area contributed by atoms with Crippen LogP contribution in [0.4, 0.5) is 5.82 Å². The number of rotatable bonds is 4. The Hall–Kier alpha value is -1.78. The number of aromatic nitrogens is 6. The van der Waals surface area contributed by atoms with Crippen molar-refractivity contribution in [2.75, 3.05) is 11.4 Å². The van der Waals surface area contributed by atoms with Crippen LogP contribution in [-0.4, -0.2) is 31.8 Å². The summed E-state index contributed by atoms with van der Waals surface area (Å²) in [5, 5.41) is 16.2. The Morgan fingerprint density at radius 3 is 2.73 bits per heavy atom. The van der Waals surface area contributed by atoms with E-state index in [-0.39, 0.29) is 26.5 Å². The molecule has 1 atom stereocenters. The molecule has 3 aromatic rings. The summed E-state index contributed by atoms with van der Waals surface area (Å²) in [5.74, 6) is 0.861. The minimum atomic E-state index is 0. The Labute approximate surface area is 142 Å². The smallest absolute Gasteiger partial charge is 0.137 e. The molecule has 8 heteroatoms. The van der Waals surface area contributed by atoms with Gasteiger partial charge < -0.3 is 15.0 Å². The zero-order chi connectivity index (χ0) is 15.0. The molecule has 0 fully saturated rings. The maximum atomic E-state index is 4.44. The van der Waals surface area contributed by atoms with Gasteiger partial charge in [-0.2, -0.15) is 5.10 Å². The van der Waals surface area contributed by atoms with E-state index in [0.29, 0.717) is 5.65 Å². The fourth-order valence-electron chi connectivity index (χ4n) is 2.88. The van der Waals surface area contributed by atoms with Crippen molar-refractivity contribution in [3.8, 4) is 0 Å². The van der Waals surface area contributed by atoms with Crippen molar-refractivity contribution in [1.82, 2.24) is 30.4 Å². The van der Waals surface area contributed by atoms with Crippen LogP contribution in [0.1, 0.15) is 36.8 Å². The van der Waals surface area contributed by atoms with Crippen molar-refractivity contribution in [2.24, 2.45) is 0 Å². The molecule has 0 aliphatic heterocycles. The molecule has 0 aromatic carbocycles. The third kappa shape index (κ3) is 2.64. The number of anilines is 1. The molecule has 0 saturated carbocycles. The van der Waals surface area contributed by atoms with E-state index in [1.54, 1.807) is 6.20 Å². The van der Waals surface area contributed by atoms with Crippen molar-refractivity contribution >= 4 is 16.9 Å². The van der Waals surface area contributed by atoms with Gasteiger partial charge in [-0.15, -0.1) is 0 Å². The molecule has 0 amide bonds. The van der Waals surface area contributed by atoms with Crippen molar-refractivity contribution < 1.29 is 20.4 Å². The molecule has 0 aliphatic carbocycles. The Morgan fingerprint density at radius 2 is 2.09 bits per heavy atom. The van der Waals surface area contributed by atoms with Gasteiger partial charge in [0, 0.05) is 56.1 Å². The van der Waals surface area contributed by atoms with E-state index < -0.39 is 0 Å². The van der Waals surface area contributed by atoms with Gasteiger partial charge in [0.15, 0.2) is 0 Å². The number of nitrogens with one attached hydrogen (secondary N) is 1. The second-order valence-corrected chi connectivity index (χ2v) is 5.09. The van der Waals surface area contributed by atoms with Crippen LogP contribution >= 0.6 is 0 Å². The average molecular weight is 471 g/mol. The number of aryl methyl sites for hydroxylation is 2. The third-order valence-corrected chi connectivity index (χ3v) is 3.86. The molecule has 3 heterocycles. The number of aromatic amines is 1. The van der Waals surface area contributed by atoms with Crippen LogP contribution in [0.5, 0.6) is 0 Å². The van der Waals surface area contributed by atoms with Crippen LogP contribution in [0, 0.1) is 13.8 Å². The first kappa shape index (κ1) is 16.6. The van der Waals surface area contributed by atoms with E-state index in [1.807, 2.05) is 13.8 Å². The number of nitrogens with zero attached hydrogens (tertiary/aromatic N) is 6. The number of hydrogen-bond donors (Lipinski definition) is 1. The zero-order valence-electron chi connectivity index (χ0n) is 13.0. The van der Waals surface area contributed by atoms with Crippen LogP contribution in [0.15, 0.2) is 12.5 Å². The summed E-state index contributed by atoms with van der Waals surface area (Å²) in [6, 6.07) is 0.154. The summed E-state index contributed by atoms with van der Waals surface area (Å²) in [6.45, 7) is 9.15. The number of hydrogen-bond acceptors (Lipinski definition) is 5. The zero-order valence-corrected chi connectivity index (χ0v) is 15.7. The van der Waals surface area contributed by atoms with Gasteiger partial charge in [-0.1, -0.05) is 0 Å². The number of fused-ring (bicyclic) bond motifs is 1. The molecular weight excluding hydrogens is 452 g/mol. The van der Waals surface area contributed by atoms with Crippen molar-refractivity contribution in [3.05, 3.63) is 29.5 Å². The molecule has 0 aliphatic rings. The van der Waals surface area contributed by atoms with E-state index in [9.17, 15) is 0 Å². The summed E-state index contributed by atoms with van der Waals surface area (Å²) in [6.07, 6.45) is 3.26. The molecule has 0 saturated heterocycles. The Morgan fingerprint density at radius 1 is 1.32 bits per heavy atom. The fourth-order valence-corrected chi connectivity index (χ4v) is 2.88. The molecule has 7 nitrogen and oxygen atoms in total. The van der Waals surface area contributed by atoms with Crippen LogP contribution in [0.25, 0.3) is 11.0 Å². The molecule has 1 unspecified atom stereocenters. The molecular formula is C14H18N7Re-. The molecule has 1 radical (unpaired) electrons. The van der Waals surface area contributed by atoms with Crippen LogP contribution < -0.4 is 10.00 Å². The molecule has 0 spiro atoms. The van der Waals surface area contributed by atoms with Gasteiger partial charge in [-0.25, -0.2) is 4.98 Å². The molecule has 22 heavy (non-hydrogen) atoms. The largest absolute Gasteiger partial charge is 0.425 e. The normalized spacial score (nSPS) is 12.2. The van der Waals surface area contributed by atoms with Gasteiger partial charge in [0.2, 0.25) is 0 Å². The standard InChI is InChI=1S/C14H18N7.Re/c1-5-21(10(4)12-8(2)18-19-9(12)3)14-11-6-17-20-13(11)15-7-16-14;/h6-7,10H,5H2,1-4H3,(H-,15,16,17,18,19,20);/q-1;. The van der Waals surface area contributed by atoms with Crippen LogP contribution in [-0.2, 0) is 20.4 Å². The quantitative estimate of drug-likeness (QED) is 0.627. The maximum absolute atomic E-state index is 4.44. The van der Waals surface area contributed by atoms with E-state index in [2.05, 4.69) is 49.1 Å². The Bertz CT molecular complexity index is 744. The van der Waals surface area contributed by atoms with E-state index >= 15 is 0 Å². The average Bonchev–Trinajstić information content (AvgIpc) is 3.07. The first-order valence-corrected chi connectivity index (χ1v) is 7.00.